The van der Waals surface area contributed by atoms with E-state index in [4.69, 9.17) is 0 Å². The van der Waals surface area contributed by atoms with Crippen molar-refractivity contribution in [2.75, 3.05) is 6.26 Å². The quantitative estimate of drug-likeness (QED) is 0.288. The highest BCUT2D eigenvalue weighted by molar-refractivity contribution is 7.86. The minimum Gasteiger partial charge on any atom is -0.391 e. The minimum absolute atomic E-state index is 1.01. The Kier molecular flexibility index (Phi) is 6.32. The molecule has 0 radical (unpaired) electrons. The molecule has 0 aromatic carbocycles. The summed E-state index contributed by atoms with van der Waals surface area (Å²) in [6.07, 6.45) is 10.8. The molecule has 0 aliphatic heterocycles. The lowest BCUT2D eigenvalue weighted by molar-refractivity contribution is 0.450. The highest BCUT2D eigenvalue weighted by atomic mass is 32.2. The second-order valence-electron chi connectivity index (χ2n) is 2.70. The summed E-state index contributed by atoms with van der Waals surface area (Å²) in [6.45, 7) is 2.12. The second-order valence-corrected chi connectivity index (χ2v) is 4.30. The van der Waals surface area contributed by atoms with Gasteiger partial charge in [0, 0.05) is 0 Å². The first-order valence-corrected chi connectivity index (χ1v) is 6.08. The van der Waals surface area contributed by atoms with Gasteiger partial charge in [0.05, 0.1) is 6.26 Å². The van der Waals surface area contributed by atoms with Gasteiger partial charge in [-0.25, -0.2) is 0 Å². The molecule has 13 heavy (non-hydrogen) atoms. The summed E-state index contributed by atoms with van der Waals surface area (Å²) in [4.78, 5) is 0. The standard InChI is InChI=1S/C9H16O3S/c1-3-4-5-6-7-8-9-12-13(2,10)11/h6-9H,3-5H2,1-2H3/b7-6+,9-8+. The third-order valence-corrected chi connectivity index (χ3v) is 1.74. The van der Waals surface area contributed by atoms with E-state index in [2.05, 4.69) is 11.1 Å². The van der Waals surface area contributed by atoms with Crippen molar-refractivity contribution < 1.29 is 12.6 Å². The Morgan fingerprint density at radius 1 is 1.31 bits per heavy atom. The van der Waals surface area contributed by atoms with Gasteiger partial charge >= 0.3 is 10.1 Å². The Morgan fingerprint density at radius 2 is 2.00 bits per heavy atom. The Hall–Kier alpha value is -0.770. The fraction of sp³-hybridized carbons (Fsp3) is 0.556. The van der Waals surface area contributed by atoms with Crippen LogP contribution >= 0.6 is 0 Å². The Labute approximate surface area is 80.2 Å². The van der Waals surface area contributed by atoms with Crippen molar-refractivity contribution in [2.24, 2.45) is 0 Å². The summed E-state index contributed by atoms with van der Waals surface area (Å²) in [5.74, 6) is 0. The third-order valence-electron chi connectivity index (χ3n) is 1.28. The van der Waals surface area contributed by atoms with E-state index in [1.165, 1.54) is 0 Å². The highest BCUT2D eigenvalue weighted by Gasteiger charge is 1.93. The van der Waals surface area contributed by atoms with Crippen molar-refractivity contribution in [3.05, 3.63) is 24.5 Å². The van der Waals surface area contributed by atoms with Crippen molar-refractivity contribution in [3.63, 3.8) is 0 Å². The maximum absolute atomic E-state index is 10.5. The second kappa shape index (κ2) is 6.71. The summed E-state index contributed by atoms with van der Waals surface area (Å²) < 4.78 is 25.3. The van der Waals surface area contributed by atoms with Crippen LogP contribution < -0.4 is 0 Å². The van der Waals surface area contributed by atoms with Crippen molar-refractivity contribution in [1.82, 2.24) is 0 Å². The summed E-state index contributed by atoms with van der Waals surface area (Å²) in [7, 11) is -3.34. The molecule has 0 aliphatic carbocycles. The molecule has 0 saturated carbocycles. The summed E-state index contributed by atoms with van der Waals surface area (Å²) in [5, 5.41) is 0. The molecule has 0 atom stereocenters. The molecular formula is C9H16O3S. The topological polar surface area (TPSA) is 43.4 Å². The van der Waals surface area contributed by atoms with Crippen LogP contribution in [0, 0.1) is 0 Å². The molecule has 0 fully saturated rings. The van der Waals surface area contributed by atoms with Gasteiger partial charge in [0.2, 0.25) is 0 Å². The first kappa shape index (κ1) is 12.2. The van der Waals surface area contributed by atoms with Gasteiger partial charge in [-0.15, -0.1) is 0 Å². The molecule has 0 spiro atoms. The van der Waals surface area contributed by atoms with E-state index < -0.39 is 10.1 Å². The van der Waals surface area contributed by atoms with E-state index in [1.54, 1.807) is 12.2 Å². The molecule has 0 unspecified atom stereocenters. The van der Waals surface area contributed by atoms with Crippen molar-refractivity contribution in [2.45, 2.75) is 26.2 Å². The molecule has 0 aromatic heterocycles. The predicted octanol–water partition coefficient (Wildman–Crippen LogP) is 2.22. The van der Waals surface area contributed by atoms with E-state index in [1.807, 2.05) is 6.08 Å². The number of hydrogen-bond donors (Lipinski definition) is 0. The molecule has 4 heteroatoms. The van der Waals surface area contributed by atoms with Crippen LogP contribution in [0.2, 0.25) is 0 Å². The SMILES string of the molecule is CCCC/C=C/C=C/OS(C)(=O)=O. The van der Waals surface area contributed by atoms with Crippen LogP contribution in [-0.4, -0.2) is 14.7 Å². The van der Waals surface area contributed by atoms with Gasteiger partial charge in [-0.2, -0.15) is 8.42 Å². The summed E-state index contributed by atoms with van der Waals surface area (Å²) in [5.41, 5.74) is 0. The maximum atomic E-state index is 10.5. The van der Waals surface area contributed by atoms with Crippen molar-refractivity contribution >= 4 is 10.1 Å². The lowest BCUT2D eigenvalue weighted by Gasteiger charge is -1.91. The zero-order chi connectivity index (χ0) is 10.2. The fourth-order valence-electron chi connectivity index (χ4n) is 0.675. The van der Waals surface area contributed by atoms with Gasteiger partial charge in [0.1, 0.15) is 6.26 Å². The monoisotopic (exact) mass is 204 g/mol. The first-order chi connectivity index (χ1) is 6.06. The van der Waals surface area contributed by atoms with Crippen LogP contribution in [0.5, 0.6) is 0 Å². The number of allylic oxidation sites excluding steroid dienone is 3. The van der Waals surface area contributed by atoms with E-state index >= 15 is 0 Å². The lowest BCUT2D eigenvalue weighted by Crippen LogP contribution is -1.95. The van der Waals surface area contributed by atoms with Crippen LogP contribution in [0.15, 0.2) is 24.5 Å². The molecule has 0 aromatic rings. The number of hydrogen-bond acceptors (Lipinski definition) is 3. The summed E-state index contributed by atoms with van der Waals surface area (Å²) >= 11 is 0. The molecule has 0 heterocycles. The molecule has 3 nitrogen and oxygen atoms in total. The van der Waals surface area contributed by atoms with Gasteiger partial charge in [0.25, 0.3) is 0 Å². The van der Waals surface area contributed by atoms with E-state index in [0.717, 1.165) is 31.8 Å². The van der Waals surface area contributed by atoms with Crippen LogP contribution in [-0.2, 0) is 14.3 Å². The number of unbranched alkanes of at least 4 members (excludes halogenated alkanes) is 2. The number of rotatable bonds is 6. The largest absolute Gasteiger partial charge is 0.391 e. The van der Waals surface area contributed by atoms with Crippen LogP contribution in [0.25, 0.3) is 0 Å². The molecule has 0 bridgehead atoms. The van der Waals surface area contributed by atoms with Crippen LogP contribution in [0.1, 0.15) is 26.2 Å². The molecule has 0 saturated heterocycles. The smallest absolute Gasteiger partial charge is 0.305 e. The highest BCUT2D eigenvalue weighted by Crippen LogP contribution is 1.95. The van der Waals surface area contributed by atoms with Gasteiger partial charge in [-0.1, -0.05) is 31.9 Å². The molecule has 0 aliphatic rings. The van der Waals surface area contributed by atoms with Gasteiger partial charge in [0.15, 0.2) is 0 Å². The molecule has 0 rings (SSSR count). The Morgan fingerprint density at radius 3 is 2.54 bits per heavy atom. The van der Waals surface area contributed by atoms with Gasteiger partial charge in [-0.3, -0.25) is 0 Å². The Bertz CT molecular complexity index is 263. The van der Waals surface area contributed by atoms with Gasteiger partial charge in [-0.05, 0) is 12.5 Å². The third kappa shape index (κ3) is 11.2. The zero-order valence-corrected chi connectivity index (χ0v) is 8.88. The maximum Gasteiger partial charge on any atom is 0.305 e. The average molecular weight is 204 g/mol. The van der Waals surface area contributed by atoms with Crippen molar-refractivity contribution in [3.8, 4) is 0 Å². The van der Waals surface area contributed by atoms with Gasteiger partial charge < -0.3 is 4.18 Å². The molecular weight excluding hydrogens is 188 g/mol. The van der Waals surface area contributed by atoms with Crippen LogP contribution in [0.3, 0.4) is 0 Å². The zero-order valence-electron chi connectivity index (χ0n) is 8.06. The molecule has 0 amide bonds. The van der Waals surface area contributed by atoms with E-state index in [9.17, 15) is 8.42 Å². The van der Waals surface area contributed by atoms with E-state index in [0.29, 0.717) is 0 Å². The predicted molar refractivity (Wildman–Crippen MR) is 53.7 cm³/mol. The van der Waals surface area contributed by atoms with E-state index in [-0.39, 0.29) is 0 Å². The van der Waals surface area contributed by atoms with Crippen LogP contribution in [0.4, 0.5) is 0 Å². The lowest BCUT2D eigenvalue weighted by atomic mass is 10.2. The fourth-order valence-corrected chi connectivity index (χ4v) is 0.941. The minimum atomic E-state index is -3.34. The first-order valence-electron chi connectivity index (χ1n) is 4.26. The van der Waals surface area contributed by atoms with Crippen molar-refractivity contribution in [1.29, 1.82) is 0 Å². The molecule has 76 valence electrons. The summed E-state index contributed by atoms with van der Waals surface area (Å²) in [6, 6.07) is 0. The Balaban J connectivity index is 3.58. The molecule has 0 N–H and O–H groups in total. The average Bonchev–Trinajstić information content (AvgIpc) is 2.01. The normalized spacial score (nSPS) is 12.8.